The maximum absolute atomic E-state index is 12.1. The predicted molar refractivity (Wildman–Crippen MR) is 35.7 cm³/mol. The highest BCUT2D eigenvalue weighted by atomic mass is 19.4. The van der Waals surface area contributed by atoms with E-state index in [-0.39, 0.29) is 0 Å². The van der Waals surface area contributed by atoms with E-state index < -0.39 is 23.8 Å². The van der Waals surface area contributed by atoms with Crippen molar-refractivity contribution < 1.29 is 27.8 Å². The third-order valence-electron chi connectivity index (χ3n) is 1.14. The van der Waals surface area contributed by atoms with Gasteiger partial charge in [0, 0.05) is 0 Å². The van der Waals surface area contributed by atoms with E-state index in [1.807, 2.05) is 0 Å². The zero-order valence-corrected chi connectivity index (χ0v) is 6.45. The van der Waals surface area contributed by atoms with Crippen molar-refractivity contribution in [1.82, 2.24) is 9.97 Å². The van der Waals surface area contributed by atoms with Crippen molar-refractivity contribution in [2.45, 2.75) is 6.18 Å². The highest BCUT2D eigenvalue weighted by Crippen LogP contribution is 2.33. The Kier molecular flexibility index (Phi) is 2.54. The van der Waals surface area contributed by atoms with E-state index in [0.29, 0.717) is 12.5 Å². The van der Waals surface area contributed by atoms with Crippen molar-refractivity contribution in [2.75, 3.05) is 0 Å². The number of halogens is 3. The second kappa shape index (κ2) is 3.48. The Morgan fingerprint density at radius 2 is 2.14 bits per heavy atom. The van der Waals surface area contributed by atoms with Crippen LogP contribution in [0, 0.1) is 0 Å². The highest BCUT2D eigenvalue weighted by molar-refractivity contribution is 5.61. The first-order valence-electron chi connectivity index (χ1n) is 3.19. The van der Waals surface area contributed by atoms with Crippen LogP contribution in [-0.4, -0.2) is 21.2 Å². The molecular formula is C6H3F3N2O3. The maximum Gasteiger partial charge on any atom is 0.511 e. The van der Waals surface area contributed by atoms with Gasteiger partial charge in [0.25, 0.3) is 0 Å². The minimum Gasteiger partial charge on any atom is -0.449 e. The van der Waals surface area contributed by atoms with Gasteiger partial charge in [-0.25, -0.2) is 14.8 Å². The first-order valence-corrected chi connectivity index (χ1v) is 3.19. The van der Waals surface area contributed by atoms with Gasteiger partial charge in [-0.3, -0.25) is 0 Å². The summed E-state index contributed by atoms with van der Waals surface area (Å²) >= 11 is 0. The minimum atomic E-state index is -4.77. The quantitative estimate of drug-likeness (QED) is 0.709. The van der Waals surface area contributed by atoms with E-state index in [0.717, 1.165) is 0 Å². The largest absolute Gasteiger partial charge is 0.511 e. The topological polar surface area (TPSA) is 72.3 Å². The molecule has 0 amide bonds. The second-order valence-corrected chi connectivity index (χ2v) is 2.10. The van der Waals surface area contributed by atoms with E-state index in [2.05, 4.69) is 14.7 Å². The minimum absolute atomic E-state index is 0.629. The lowest BCUT2D eigenvalue weighted by Crippen LogP contribution is -2.13. The van der Waals surface area contributed by atoms with Crippen LogP contribution in [0.2, 0.25) is 0 Å². The van der Waals surface area contributed by atoms with Gasteiger partial charge in [-0.2, -0.15) is 13.2 Å². The summed E-state index contributed by atoms with van der Waals surface area (Å²) in [5.74, 6) is -0.937. The first kappa shape index (κ1) is 10.2. The van der Waals surface area contributed by atoms with E-state index in [9.17, 15) is 18.0 Å². The van der Waals surface area contributed by atoms with Crippen LogP contribution < -0.4 is 4.74 Å². The highest BCUT2D eigenvalue weighted by Gasteiger charge is 2.37. The average Bonchev–Trinajstić information content (AvgIpc) is 2.01. The number of ether oxygens (including phenoxy) is 1. The molecule has 1 heterocycles. The fourth-order valence-electron chi connectivity index (χ4n) is 0.699. The van der Waals surface area contributed by atoms with Gasteiger partial charge in [0.15, 0.2) is 11.4 Å². The number of carboxylic acid groups (broad SMARTS) is 1. The second-order valence-electron chi connectivity index (χ2n) is 2.10. The normalized spacial score (nSPS) is 11.1. The molecule has 0 spiro atoms. The van der Waals surface area contributed by atoms with Gasteiger partial charge >= 0.3 is 12.3 Å². The van der Waals surface area contributed by atoms with Crippen molar-refractivity contribution in [3.8, 4) is 5.75 Å². The molecule has 0 aliphatic heterocycles. The molecule has 1 rings (SSSR count). The standard InChI is InChI=1S/C6H3F3N2O3/c7-6(8,9)4-3(14-5(12)13)1-10-2-11-4/h1-2H,(H,12,13). The molecule has 5 nitrogen and oxygen atoms in total. The van der Waals surface area contributed by atoms with Crippen LogP contribution in [0.25, 0.3) is 0 Å². The molecular weight excluding hydrogens is 205 g/mol. The van der Waals surface area contributed by atoms with Crippen LogP contribution in [0.1, 0.15) is 5.69 Å². The number of hydrogen-bond donors (Lipinski definition) is 1. The lowest BCUT2D eigenvalue weighted by atomic mass is 10.4. The summed E-state index contributed by atoms with van der Waals surface area (Å²) < 4.78 is 40.3. The third kappa shape index (κ3) is 2.31. The van der Waals surface area contributed by atoms with Crippen molar-refractivity contribution >= 4 is 6.16 Å². The number of alkyl halides is 3. The molecule has 0 unspecified atom stereocenters. The zero-order valence-electron chi connectivity index (χ0n) is 6.45. The molecule has 0 fully saturated rings. The van der Waals surface area contributed by atoms with Crippen LogP contribution in [0.3, 0.4) is 0 Å². The molecule has 0 aliphatic rings. The summed E-state index contributed by atoms with van der Waals surface area (Å²) in [4.78, 5) is 16.1. The molecule has 1 N–H and O–H groups in total. The average molecular weight is 208 g/mol. The van der Waals surface area contributed by atoms with Crippen LogP contribution in [0.5, 0.6) is 5.75 Å². The molecule has 0 radical (unpaired) electrons. The first-order chi connectivity index (χ1) is 6.41. The number of rotatable bonds is 1. The van der Waals surface area contributed by atoms with E-state index in [1.165, 1.54) is 0 Å². The van der Waals surface area contributed by atoms with Gasteiger partial charge in [-0.15, -0.1) is 0 Å². The van der Waals surface area contributed by atoms with Crippen molar-refractivity contribution in [2.24, 2.45) is 0 Å². The Bertz CT molecular complexity index is 352. The maximum atomic E-state index is 12.1. The third-order valence-corrected chi connectivity index (χ3v) is 1.14. The lowest BCUT2D eigenvalue weighted by Gasteiger charge is -2.08. The molecule has 8 heteroatoms. The summed E-state index contributed by atoms with van der Waals surface area (Å²) in [6.45, 7) is 0. The molecule has 0 bridgehead atoms. The van der Waals surface area contributed by atoms with Crippen molar-refractivity contribution in [1.29, 1.82) is 0 Å². The Morgan fingerprint density at radius 1 is 1.50 bits per heavy atom. The number of carbonyl (C=O) groups is 1. The Labute approximate surface area is 75.2 Å². The number of nitrogens with zero attached hydrogens (tertiary/aromatic N) is 2. The smallest absolute Gasteiger partial charge is 0.449 e. The van der Waals surface area contributed by atoms with Gasteiger partial charge in [0.2, 0.25) is 0 Å². The number of hydrogen-bond acceptors (Lipinski definition) is 4. The van der Waals surface area contributed by atoms with Gasteiger partial charge in [0.05, 0.1) is 6.20 Å². The summed E-state index contributed by atoms with van der Waals surface area (Å²) in [5, 5.41) is 8.11. The number of aromatic nitrogens is 2. The van der Waals surface area contributed by atoms with Crippen LogP contribution >= 0.6 is 0 Å². The molecule has 0 aliphatic carbocycles. The molecule has 1 aromatic rings. The SMILES string of the molecule is O=C(O)Oc1cncnc1C(F)(F)F. The molecule has 0 atom stereocenters. The van der Waals surface area contributed by atoms with Crippen molar-refractivity contribution in [3.63, 3.8) is 0 Å². The summed E-state index contributed by atoms with van der Waals surface area (Å²) in [6, 6.07) is 0. The Hall–Kier alpha value is -1.86. The summed E-state index contributed by atoms with van der Waals surface area (Å²) in [5.41, 5.74) is -1.42. The monoisotopic (exact) mass is 208 g/mol. The molecule has 1 aromatic heterocycles. The Morgan fingerprint density at radius 3 is 2.64 bits per heavy atom. The molecule has 76 valence electrons. The fraction of sp³-hybridized carbons (Fsp3) is 0.167. The molecule has 14 heavy (non-hydrogen) atoms. The molecule has 0 saturated heterocycles. The van der Waals surface area contributed by atoms with Gasteiger partial charge in [-0.05, 0) is 0 Å². The van der Waals surface area contributed by atoms with Gasteiger partial charge in [0.1, 0.15) is 6.33 Å². The molecule has 0 saturated carbocycles. The zero-order chi connectivity index (χ0) is 10.8. The van der Waals surface area contributed by atoms with Gasteiger partial charge in [-0.1, -0.05) is 0 Å². The van der Waals surface area contributed by atoms with E-state index >= 15 is 0 Å². The summed E-state index contributed by atoms with van der Waals surface area (Å²) in [6.07, 6.45) is -5.35. The summed E-state index contributed by atoms with van der Waals surface area (Å²) in [7, 11) is 0. The predicted octanol–water partition coefficient (Wildman–Crippen LogP) is 1.55. The van der Waals surface area contributed by atoms with E-state index in [1.54, 1.807) is 0 Å². The Balaban J connectivity index is 3.10. The van der Waals surface area contributed by atoms with Gasteiger partial charge < -0.3 is 9.84 Å². The van der Waals surface area contributed by atoms with Crippen molar-refractivity contribution in [3.05, 3.63) is 18.2 Å². The fourth-order valence-corrected chi connectivity index (χ4v) is 0.699. The van der Waals surface area contributed by atoms with Crippen LogP contribution in [0.15, 0.2) is 12.5 Å². The van der Waals surface area contributed by atoms with Crippen LogP contribution in [0.4, 0.5) is 18.0 Å². The van der Waals surface area contributed by atoms with E-state index in [4.69, 9.17) is 5.11 Å². The molecule has 0 aromatic carbocycles. The lowest BCUT2D eigenvalue weighted by molar-refractivity contribution is -0.142. The van der Waals surface area contributed by atoms with Crippen LogP contribution in [-0.2, 0) is 6.18 Å².